The standard InChI is InChI=1S/C17H23N3O/c1-13(2)12-20(11-5-9-18)17(21)15-6-3-8-16-14(15)7-4-10-19-16/h3-4,6-8,10,13H,5,9,11-12,18H2,1-2H3. The van der Waals surface area contributed by atoms with Crippen LogP contribution < -0.4 is 5.73 Å². The first kappa shape index (κ1) is 15.4. The Balaban J connectivity index is 2.33. The molecule has 2 rings (SSSR count). The van der Waals surface area contributed by atoms with Crippen LogP contribution in [0.15, 0.2) is 36.5 Å². The van der Waals surface area contributed by atoms with Gasteiger partial charge in [0.25, 0.3) is 5.91 Å². The van der Waals surface area contributed by atoms with Crippen molar-refractivity contribution in [3.8, 4) is 0 Å². The van der Waals surface area contributed by atoms with Crippen LogP contribution in [-0.2, 0) is 0 Å². The molecular formula is C17H23N3O. The van der Waals surface area contributed by atoms with Gasteiger partial charge in [0.1, 0.15) is 0 Å². The molecule has 4 heteroatoms. The normalized spacial score (nSPS) is 11.0. The lowest BCUT2D eigenvalue weighted by molar-refractivity contribution is 0.0737. The second kappa shape index (κ2) is 7.18. The average molecular weight is 285 g/mol. The van der Waals surface area contributed by atoms with E-state index in [-0.39, 0.29) is 5.91 Å². The molecule has 1 aromatic heterocycles. The molecule has 0 fully saturated rings. The molecule has 2 N–H and O–H groups in total. The minimum absolute atomic E-state index is 0.0655. The third-order valence-corrected chi connectivity index (χ3v) is 3.38. The molecule has 0 spiro atoms. The molecule has 0 aliphatic rings. The molecule has 1 heterocycles. The van der Waals surface area contributed by atoms with Gasteiger partial charge < -0.3 is 10.6 Å². The molecule has 0 bridgehead atoms. The summed E-state index contributed by atoms with van der Waals surface area (Å²) in [6.07, 6.45) is 2.57. The Kier molecular flexibility index (Phi) is 5.28. The molecule has 0 saturated carbocycles. The quantitative estimate of drug-likeness (QED) is 0.887. The number of fused-ring (bicyclic) bond motifs is 1. The van der Waals surface area contributed by atoms with Crippen LogP contribution in [0.2, 0.25) is 0 Å². The zero-order chi connectivity index (χ0) is 15.2. The molecule has 4 nitrogen and oxygen atoms in total. The lowest BCUT2D eigenvalue weighted by Crippen LogP contribution is -2.36. The largest absolute Gasteiger partial charge is 0.338 e. The molecule has 0 unspecified atom stereocenters. The van der Waals surface area contributed by atoms with Crippen LogP contribution in [0.1, 0.15) is 30.6 Å². The molecule has 1 aromatic carbocycles. The van der Waals surface area contributed by atoms with E-state index in [1.807, 2.05) is 35.2 Å². The second-order valence-electron chi connectivity index (χ2n) is 5.66. The van der Waals surface area contributed by atoms with Crippen molar-refractivity contribution in [2.24, 2.45) is 11.7 Å². The molecule has 21 heavy (non-hydrogen) atoms. The minimum Gasteiger partial charge on any atom is -0.338 e. The minimum atomic E-state index is 0.0655. The first-order valence-corrected chi connectivity index (χ1v) is 7.46. The van der Waals surface area contributed by atoms with E-state index < -0.39 is 0 Å². The Hall–Kier alpha value is -1.94. The Morgan fingerprint density at radius 1 is 1.29 bits per heavy atom. The summed E-state index contributed by atoms with van der Waals surface area (Å²) >= 11 is 0. The highest BCUT2D eigenvalue weighted by Crippen LogP contribution is 2.19. The van der Waals surface area contributed by atoms with E-state index in [4.69, 9.17) is 5.73 Å². The predicted octanol–water partition coefficient (Wildman–Crippen LogP) is 2.68. The fourth-order valence-electron chi connectivity index (χ4n) is 2.46. The van der Waals surface area contributed by atoms with Crippen molar-refractivity contribution >= 4 is 16.8 Å². The number of hydrogen-bond acceptors (Lipinski definition) is 3. The van der Waals surface area contributed by atoms with Gasteiger partial charge in [-0.3, -0.25) is 9.78 Å². The van der Waals surface area contributed by atoms with Gasteiger partial charge in [0.05, 0.1) is 5.52 Å². The third kappa shape index (κ3) is 3.79. The smallest absolute Gasteiger partial charge is 0.254 e. The second-order valence-corrected chi connectivity index (χ2v) is 5.66. The van der Waals surface area contributed by atoms with E-state index in [1.165, 1.54) is 0 Å². The van der Waals surface area contributed by atoms with Crippen molar-refractivity contribution in [2.75, 3.05) is 19.6 Å². The lowest BCUT2D eigenvalue weighted by atomic mass is 10.1. The van der Waals surface area contributed by atoms with Crippen LogP contribution in [0.4, 0.5) is 0 Å². The molecule has 0 radical (unpaired) electrons. The van der Waals surface area contributed by atoms with Gasteiger partial charge in [-0.2, -0.15) is 0 Å². The first-order valence-electron chi connectivity index (χ1n) is 7.46. The molecule has 2 aromatic rings. The van der Waals surface area contributed by atoms with Gasteiger partial charge >= 0.3 is 0 Å². The van der Waals surface area contributed by atoms with Crippen LogP contribution in [0, 0.1) is 5.92 Å². The summed E-state index contributed by atoms with van der Waals surface area (Å²) in [5.41, 5.74) is 7.16. The molecule has 0 saturated heterocycles. The fraction of sp³-hybridized carbons (Fsp3) is 0.412. The van der Waals surface area contributed by atoms with Crippen molar-refractivity contribution in [3.63, 3.8) is 0 Å². The average Bonchev–Trinajstić information content (AvgIpc) is 2.50. The zero-order valence-electron chi connectivity index (χ0n) is 12.7. The van der Waals surface area contributed by atoms with Gasteiger partial charge in [0, 0.05) is 30.2 Å². The molecule has 112 valence electrons. The number of pyridine rings is 1. The number of aromatic nitrogens is 1. The molecule has 0 atom stereocenters. The number of amides is 1. The van der Waals surface area contributed by atoms with E-state index in [0.717, 1.165) is 29.4 Å². The summed E-state index contributed by atoms with van der Waals surface area (Å²) in [6, 6.07) is 9.51. The highest BCUT2D eigenvalue weighted by atomic mass is 16.2. The summed E-state index contributed by atoms with van der Waals surface area (Å²) in [7, 11) is 0. The fourth-order valence-corrected chi connectivity index (χ4v) is 2.46. The van der Waals surface area contributed by atoms with Gasteiger partial charge in [-0.1, -0.05) is 26.0 Å². The van der Waals surface area contributed by atoms with E-state index in [1.54, 1.807) is 6.20 Å². The summed E-state index contributed by atoms with van der Waals surface area (Å²) in [5, 5.41) is 0.909. The number of carbonyl (C=O) groups is 1. The van der Waals surface area contributed by atoms with E-state index in [0.29, 0.717) is 19.0 Å². The van der Waals surface area contributed by atoms with E-state index in [9.17, 15) is 4.79 Å². The third-order valence-electron chi connectivity index (χ3n) is 3.38. The Bertz CT molecular complexity index is 605. The molecule has 0 aliphatic heterocycles. The number of carbonyl (C=O) groups excluding carboxylic acids is 1. The lowest BCUT2D eigenvalue weighted by Gasteiger charge is -2.25. The van der Waals surface area contributed by atoms with E-state index in [2.05, 4.69) is 18.8 Å². The Labute approximate surface area is 126 Å². The number of nitrogens with two attached hydrogens (primary N) is 1. The molecule has 0 aliphatic carbocycles. The van der Waals surface area contributed by atoms with Crippen LogP contribution in [0.25, 0.3) is 10.9 Å². The van der Waals surface area contributed by atoms with Crippen LogP contribution in [0.5, 0.6) is 0 Å². The van der Waals surface area contributed by atoms with E-state index >= 15 is 0 Å². The molecular weight excluding hydrogens is 262 g/mol. The van der Waals surface area contributed by atoms with Crippen molar-refractivity contribution in [1.82, 2.24) is 9.88 Å². The van der Waals surface area contributed by atoms with Crippen molar-refractivity contribution in [3.05, 3.63) is 42.1 Å². The SMILES string of the molecule is CC(C)CN(CCCN)C(=O)c1cccc2ncccc12. The maximum Gasteiger partial charge on any atom is 0.254 e. The topological polar surface area (TPSA) is 59.2 Å². The van der Waals surface area contributed by atoms with Gasteiger partial charge in [0.15, 0.2) is 0 Å². The summed E-state index contributed by atoms with van der Waals surface area (Å²) in [6.45, 7) is 6.28. The number of hydrogen-bond donors (Lipinski definition) is 1. The number of nitrogens with zero attached hydrogens (tertiary/aromatic N) is 2. The Morgan fingerprint density at radius 3 is 2.81 bits per heavy atom. The van der Waals surface area contributed by atoms with Gasteiger partial charge in [-0.15, -0.1) is 0 Å². The summed E-state index contributed by atoms with van der Waals surface area (Å²) in [4.78, 5) is 19.1. The first-order chi connectivity index (χ1) is 10.1. The van der Waals surface area contributed by atoms with Crippen LogP contribution in [0.3, 0.4) is 0 Å². The van der Waals surface area contributed by atoms with Crippen LogP contribution >= 0.6 is 0 Å². The maximum absolute atomic E-state index is 12.9. The Morgan fingerprint density at radius 2 is 2.10 bits per heavy atom. The maximum atomic E-state index is 12.9. The number of rotatable bonds is 6. The van der Waals surface area contributed by atoms with Crippen molar-refractivity contribution in [1.29, 1.82) is 0 Å². The number of benzene rings is 1. The van der Waals surface area contributed by atoms with Crippen LogP contribution in [-0.4, -0.2) is 35.4 Å². The van der Waals surface area contributed by atoms with Gasteiger partial charge in [-0.25, -0.2) is 0 Å². The predicted molar refractivity (Wildman–Crippen MR) is 86.2 cm³/mol. The highest BCUT2D eigenvalue weighted by Gasteiger charge is 2.18. The zero-order valence-corrected chi connectivity index (χ0v) is 12.7. The summed E-state index contributed by atoms with van der Waals surface area (Å²) < 4.78 is 0. The highest BCUT2D eigenvalue weighted by molar-refractivity contribution is 6.06. The summed E-state index contributed by atoms with van der Waals surface area (Å²) in [5.74, 6) is 0.496. The van der Waals surface area contributed by atoms with Crippen molar-refractivity contribution < 1.29 is 4.79 Å². The van der Waals surface area contributed by atoms with Crippen molar-refractivity contribution in [2.45, 2.75) is 20.3 Å². The van der Waals surface area contributed by atoms with Gasteiger partial charge in [0.2, 0.25) is 0 Å². The van der Waals surface area contributed by atoms with Gasteiger partial charge in [-0.05, 0) is 37.1 Å². The monoisotopic (exact) mass is 285 g/mol. The molecule has 1 amide bonds.